The van der Waals surface area contributed by atoms with Gasteiger partial charge in [-0.1, -0.05) is 25.4 Å². The maximum Gasteiger partial charge on any atom is 0.144 e. The van der Waals surface area contributed by atoms with E-state index >= 15 is 0 Å². The van der Waals surface area contributed by atoms with Crippen LogP contribution in [0.3, 0.4) is 0 Å². The molecule has 0 radical (unpaired) electrons. The molecule has 0 bridgehead atoms. The van der Waals surface area contributed by atoms with Gasteiger partial charge in [-0.15, -0.1) is 0 Å². The highest BCUT2D eigenvalue weighted by molar-refractivity contribution is 6.32. The van der Waals surface area contributed by atoms with E-state index in [0.29, 0.717) is 17.0 Å². The molecular formula is C13H22ClN3. The van der Waals surface area contributed by atoms with Crippen molar-refractivity contribution in [2.75, 3.05) is 11.9 Å². The summed E-state index contributed by atoms with van der Waals surface area (Å²) in [5.41, 5.74) is 1.12. The lowest BCUT2D eigenvalue weighted by molar-refractivity contribution is 0.552. The first-order chi connectivity index (χ1) is 7.99. The van der Waals surface area contributed by atoms with Gasteiger partial charge in [0.05, 0.1) is 5.02 Å². The van der Waals surface area contributed by atoms with Gasteiger partial charge in [-0.25, -0.2) is 4.98 Å². The van der Waals surface area contributed by atoms with E-state index < -0.39 is 0 Å². The van der Waals surface area contributed by atoms with Gasteiger partial charge in [0.25, 0.3) is 0 Å². The van der Waals surface area contributed by atoms with Crippen molar-refractivity contribution in [3.05, 3.63) is 22.8 Å². The molecule has 96 valence electrons. The molecule has 1 aromatic heterocycles. The molecule has 1 heterocycles. The second-order valence-corrected chi connectivity index (χ2v) is 5.40. The van der Waals surface area contributed by atoms with Crippen LogP contribution in [0.25, 0.3) is 0 Å². The first kappa shape index (κ1) is 14.3. The molecule has 0 aliphatic rings. The van der Waals surface area contributed by atoms with Gasteiger partial charge in [-0.3, -0.25) is 0 Å². The predicted octanol–water partition coefficient (Wildman–Crippen LogP) is 3.30. The van der Waals surface area contributed by atoms with Gasteiger partial charge in [-0.2, -0.15) is 0 Å². The van der Waals surface area contributed by atoms with E-state index in [0.717, 1.165) is 24.5 Å². The van der Waals surface area contributed by atoms with Crippen LogP contribution in [0.1, 0.15) is 33.3 Å². The average molecular weight is 256 g/mol. The van der Waals surface area contributed by atoms with E-state index in [-0.39, 0.29) is 0 Å². The molecule has 0 fully saturated rings. The molecule has 17 heavy (non-hydrogen) atoms. The number of halogens is 1. The highest BCUT2D eigenvalue weighted by Gasteiger charge is 2.04. The van der Waals surface area contributed by atoms with E-state index in [1.54, 1.807) is 0 Å². The third kappa shape index (κ3) is 5.37. The van der Waals surface area contributed by atoms with E-state index in [1.165, 1.54) is 0 Å². The van der Waals surface area contributed by atoms with Crippen molar-refractivity contribution in [2.45, 2.75) is 40.3 Å². The minimum atomic E-state index is 0.338. The van der Waals surface area contributed by atoms with Gasteiger partial charge >= 0.3 is 0 Å². The van der Waals surface area contributed by atoms with Crippen molar-refractivity contribution in [1.29, 1.82) is 0 Å². The van der Waals surface area contributed by atoms with Crippen molar-refractivity contribution >= 4 is 17.4 Å². The second kappa shape index (κ2) is 6.82. The predicted molar refractivity (Wildman–Crippen MR) is 74.6 cm³/mol. The van der Waals surface area contributed by atoms with Gasteiger partial charge in [0, 0.05) is 18.8 Å². The Balaban J connectivity index is 2.56. The molecule has 0 amide bonds. The number of nitrogens with zero attached hydrogens (tertiary/aromatic N) is 1. The Kier molecular flexibility index (Phi) is 5.72. The average Bonchev–Trinajstić information content (AvgIpc) is 2.21. The fourth-order valence-corrected chi connectivity index (χ4v) is 1.70. The number of hydrogen-bond acceptors (Lipinski definition) is 3. The highest BCUT2D eigenvalue weighted by atomic mass is 35.5. The van der Waals surface area contributed by atoms with Crippen molar-refractivity contribution in [3.8, 4) is 0 Å². The Hall–Kier alpha value is -0.800. The first-order valence-electron chi connectivity index (χ1n) is 6.10. The van der Waals surface area contributed by atoms with Crippen LogP contribution in [0.4, 0.5) is 5.82 Å². The fourth-order valence-electron chi connectivity index (χ4n) is 1.46. The third-order valence-electron chi connectivity index (χ3n) is 2.20. The zero-order chi connectivity index (χ0) is 12.8. The fraction of sp³-hybridized carbons (Fsp3) is 0.615. The third-order valence-corrected chi connectivity index (χ3v) is 2.49. The smallest absolute Gasteiger partial charge is 0.144 e. The molecule has 0 saturated heterocycles. The molecule has 2 N–H and O–H groups in total. The topological polar surface area (TPSA) is 37.0 Å². The van der Waals surface area contributed by atoms with Crippen molar-refractivity contribution in [3.63, 3.8) is 0 Å². The standard InChI is InChI=1S/C13H22ClN3/c1-9(2)6-15-7-11-5-12(14)13(16-8-11)17-10(3)4/h5,8-10,15H,6-7H2,1-4H3,(H,16,17). The SMILES string of the molecule is CC(C)CNCc1cnc(NC(C)C)c(Cl)c1. The van der Waals surface area contributed by atoms with Crippen LogP contribution in [0.2, 0.25) is 5.02 Å². The summed E-state index contributed by atoms with van der Waals surface area (Å²) in [6.45, 7) is 10.3. The Morgan fingerprint density at radius 1 is 1.29 bits per heavy atom. The molecule has 1 rings (SSSR count). The number of aromatic nitrogens is 1. The molecule has 0 atom stereocenters. The molecule has 0 spiro atoms. The summed E-state index contributed by atoms with van der Waals surface area (Å²) in [5.74, 6) is 1.41. The number of anilines is 1. The Labute approximate surface area is 109 Å². The van der Waals surface area contributed by atoms with Crippen LogP contribution < -0.4 is 10.6 Å². The van der Waals surface area contributed by atoms with E-state index in [9.17, 15) is 0 Å². The summed E-state index contributed by atoms with van der Waals surface area (Å²) in [6.07, 6.45) is 1.86. The zero-order valence-corrected chi connectivity index (χ0v) is 11.8. The van der Waals surface area contributed by atoms with Crippen LogP contribution in [-0.2, 0) is 6.54 Å². The molecule has 3 nitrogen and oxygen atoms in total. The number of rotatable bonds is 6. The summed E-state index contributed by atoms with van der Waals surface area (Å²) < 4.78 is 0. The largest absolute Gasteiger partial charge is 0.367 e. The van der Waals surface area contributed by atoms with E-state index in [2.05, 4.69) is 43.3 Å². The summed E-state index contributed by atoms with van der Waals surface area (Å²) in [5, 5.41) is 7.26. The molecule has 0 aliphatic heterocycles. The van der Waals surface area contributed by atoms with Crippen LogP contribution in [0.5, 0.6) is 0 Å². The van der Waals surface area contributed by atoms with Crippen LogP contribution in [0.15, 0.2) is 12.3 Å². The van der Waals surface area contributed by atoms with Crippen molar-refractivity contribution in [1.82, 2.24) is 10.3 Å². The van der Waals surface area contributed by atoms with Crippen LogP contribution in [-0.4, -0.2) is 17.6 Å². The van der Waals surface area contributed by atoms with Crippen LogP contribution >= 0.6 is 11.6 Å². The molecule has 0 aromatic carbocycles. The Bertz CT molecular complexity index is 351. The lowest BCUT2D eigenvalue weighted by Crippen LogP contribution is -2.19. The molecule has 1 aromatic rings. The van der Waals surface area contributed by atoms with Gasteiger partial charge < -0.3 is 10.6 Å². The number of pyridine rings is 1. The lowest BCUT2D eigenvalue weighted by atomic mass is 10.2. The molecule has 0 unspecified atom stereocenters. The summed E-state index contributed by atoms with van der Waals surface area (Å²) in [7, 11) is 0. The molecular weight excluding hydrogens is 234 g/mol. The molecule has 0 aliphatic carbocycles. The molecule has 4 heteroatoms. The van der Waals surface area contributed by atoms with E-state index in [4.69, 9.17) is 11.6 Å². The molecule has 0 saturated carbocycles. The number of nitrogens with one attached hydrogen (secondary N) is 2. The van der Waals surface area contributed by atoms with Crippen molar-refractivity contribution in [2.24, 2.45) is 5.92 Å². The zero-order valence-electron chi connectivity index (χ0n) is 11.0. The van der Waals surface area contributed by atoms with E-state index in [1.807, 2.05) is 12.3 Å². The maximum absolute atomic E-state index is 6.16. The van der Waals surface area contributed by atoms with Gasteiger partial charge in [0.1, 0.15) is 5.82 Å². The van der Waals surface area contributed by atoms with Crippen molar-refractivity contribution < 1.29 is 0 Å². The highest BCUT2D eigenvalue weighted by Crippen LogP contribution is 2.20. The summed E-state index contributed by atoms with van der Waals surface area (Å²) in [4.78, 5) is 4.33. The van der Waals surface area contributed by atoms with Gasteiger partial charge in [-0.05, 0) is 37.9 Å². The maximum atomic E-state index is 6.16. The first-order valence-corrected chi connectivity index (χ1v) is 6.48. The monoisotopic (exact) mass is 255 g/mol. The summed E-state index contributed by atoms with van der Waals surface area (Å²) >= 11 is 6.16. The number of hydrogen-bond donors (Lipinski definition) is 2. The summed E-state index contributed by atoms with van der Waals surface area (Å²) in [6, 6.07) is 2.30. The quantitative estimate of drug-likeness (QED) is 0.819. The Morgan fingerprint density at radius 3 is 2.53 bits per heavy atom. The normalized spacial score (nSPS) is 11.2. The minimum absolute atomic E-state index is 0.338. The second-order valence-electron chi connectivity index (χ2n) is 5.00. The van der Waals surface area contributed by atoms with Crippen LogP contribution in [0, 0.1) is 5.92 Å². The Morgan fingerprint density at radius 2 is 2.00 bits per heavy atom. The van der Waals surface area contributed by atoms with Gasteiger partial charge in [0.2, 0.25) is 0 Å². The van der Waals surface area contributed by atoms with Gasteiger partial charge in [0.15, 0.2) is 0 Å². The lowest BCUT2D eigenvalue weighted by Gasteiger charge is -2.12. The minimum Gasteiger partial charge on any atom is -0.367 e.